The van der Waals surface area contributed by atoms with E-state index < -0.39 is 0 Å². The smallest absolute Gasteiger partial charge is 0.0128 e. The SMILES string of the molecule is CCN(C1CCCC(C(C)C)CC1)C1CC2CCC(C1)N2. The minimum absolute atomic E-state index is 0.831. The van der Waals surface area contributed by atoms with Gasteiger partial charge in [0.25, 0.3) is 0 Å². The first-order valence-corrected chi connectivity index (χ1v) is 9.69. The number of hydrogen-bond donors (Lipinski definition) is 1. The Morgan fingerprint density at radius 2 is 1.62 bits per heavy atom. The van der Waals surface area contributed by atoms with Gasteiger partial charge in [-0.1, -0.05) is 33.6 Å². The Kier molecular flexibility index (Phi) is 5.27. The maximum atomic E-state index is 3.81. The fraction of sp³-hybridized carbons (Fsp3) is 1.00. The summed E-state index contributed by atoms with van der Waals surface area (Å²) in [5.74, 6) is 1.87. The fourth-order valence-electron chi connectivity index (χ4n) is 5.42. The van der Waals surface area contributed by atoms with Crippen LogP contribution in [0.1, 0.15) is 78.6 Å². The van der Waals surface area contributed by atoms with E-state index in [1.807, 2.05) is 0 Å². The molecule has 1 saturated carbocycles. The van der Waals surface area contributed by atoms with E-state index in [1.54, 1.807) is 0 Å². The van der Waals surface area contributed by atoms with E-state index in [1.165, 1.54) is 64.3 Å². The van der Waals surface area contributed by atoms with E-state index in [0.29, 0.717) is 0 Å². The van der Waals surface area contributed by atoms with Crippen molar-refractivity contribution in [3.05, 3.63) is 0 Å². The normalized spacial score (nSPS) is 40.7. The Morgan fingerprint density at radius 3 is 2.24 bits per heavy atom. The van der Waals surface area contributed by atoms with Gasteiger partial charge in [-0.25, -0.2) is 0 Å². The van der Waals surface area contributed by atoms with Gasteiger partial charge >= 0.3 is 0 Å². The molecule has 3 aliphatic rings. The summed E-state index contributed by atoms with van der Waals surface area (Å²) in [5, 5.41) is 3.81. The second-order valence-corrected chi connectivity index (χ2v) is 8.26. The fourth-order valence-corrected chi connectivity index (χ4v) is 5.42. The van der Waals surface area contributed by atoms with E-state index in [4.69, 9.17) is 0 Å². The monoisotopic (exact) mass is 292 g/mol. The van der Waals surface area contributed by atoms with Crippen LogP contribution in [0.2, 0.25) is 0 Å². The van der Waals surface area contributed by atoms with Gasteiger partial charge in [0.15, 0.2) is 0 Å². The van der Waals surface area contributed by atoms with E-state index in [-0.39, 0.29) is 0 Å². The second kappa shape index (κ2) is 7.00. The first-order chi connectivity index (χ1) is 10.2. The zero-order valence-electron chi connectivity index (χ0n) is 14.5. The summed E-state index contributed by atoms with van der Waals surface area (Å²) >= 11 is 0. The lowest BCUT2D eigenvalue weighted by Gasteiger charge is -2.41. The predicted octanol–water partition coefficient (Wildman–Crippen LogP) is 4.20. The van der Waals surface area contributed by atoms with E-state index in [2.05, 4.69) is 31.0 Å². The van der Waals surface area contributed by atoms with Gasteiger partial charge in [0.05, 0.1) is 0 Å². The average molecular weight is 293 g/mol. The first kappa shape index (κ1) is 15.8. The highest BCUT2D eigenvalue weighted by atomic mass is 15.2. The van der Waals surface area contributed by atoms with Crippen molar-refractivity contribution >= 4 is 0 Å². The molecule has 1 N–H and O–H groups in total. The second-order valence-electron chi connectivity index (χ2n) is 8.26. The van der Waals surface area contributed by atoms with Crippen molar-refractivity contribution in [1.29, 1.82) is 0 Å². The van der Waals surface area contributed by atoms with Gasteiger partial charge in [-0.2, -0.15) is 0 Å². The minimum Gasteiger partial charge on any atom is -0.311 e. The highest BCUT2D eigenvalue weighted by molar-refractivity contribution is 4.97. The standard InChI is InChI=1S/C19H36N2/c1-4-21(19-12-16-9-10-17(13-19)20-16)18-7-5-6-15(8-11-18)14(2)3/h14-20H,4-13H2,1-3H3. The first-order valence-electron chi connectivity index (χ1n) is 9.69. The molecule has 3 rings (SSSR count). The Bertz CT molecular complexity index is 316. The number of rotatable bonds is 4. The summed E-state index contributed by atoms with van der Waals surface area (Å²) in [4.78, 5) is 2.91. The van der Waals surface area contributed by atoms with Crippen molar-refractivity contribution in [2.75, 3.05) is 6.54 Å². The molecule has 4 unspecified atom stereocenters. The molecule has 0 spiro atoms. The van der Waals surface area contributed by atoms with Crippen molar-refractivity contribution < 1.29 is 0 Å². The molecule has 0 aromatic rings. The van der Waals surface area contributed by atoms with Gasteiger partial charge in [-0.15, -0.1) is 0 Å². The third kappa shape index (κ3) is 3.64. The lowest BCUT2D eigenvalue weighted by molar-refractivity contribution is 0.0897. The van der Waals surface area contributed by atoms with Crippen LogP contribution in [0.15, 0.2) is 0 Å². The van der Waals surface area contributed by atoms with Crippen LogP contribution in [0, 0.1) is 11.8 Å². The molecule has 122 valence electrons. The van der Waals surface area contributed by atoms with Crippen LogP contribution in [0.25, 0.3) is 0 Å². The van der Waals surface area contributed by atoms with Crippen molar-refractivity contribution in [3.63, 3.8) is 0 Å². The van der Waals surface area contributed by atoms with Gasteiger partial charge < -0.3 is 5.32 Å². The molecule has 2 nitrogen and oxygen atoms in total. The molecule has 0 aromatic carbocycles. The van der Waals surface area contributed by atoms with Crippen LogP contribution in [-0.4, -0.2) is 35.6 Å². The van der Waals surface area contributed by atoms with Crippen LogP contribution in [-0.2, 0) is 0 Å². The molecule has 2 heterocycles. The van der Waals surface area contributed by atoms with Gasteiger partial charge in [-0.05, 0) is 63.3 Å². The number of nitrogens with zero attached hydrogens (tertiary/aromatic N) is 1. The molecule has 0 radical (unpaired) electrons. The number of nitrogens with one attached hydrogen (secondary N) is 1. The Labute approximate surface area is 132 Å². The maximum absolute atomic E-state index is 3.81. The molecule has 0 aromatic heterocycles. The summed E-state index contributed by atoms with van der Waals surface area (Å²) in [5.41, 5.74) is 0. The molecular formula is C19H36N2. The lowest BCUT2D eigenvalue weighted by atomic mass is 9.88. The molecule has 3 fully saturated rings. The third-order valence-corrected chi connectivity index (χ3v) is 6.68. The van der Waals surface area contributed by atoms with Crippen LogP contribution >= 0.6 is 0 Å². The van der Waals surface area contributed by atoms with E-state index in [9.17, 15) is 0 Å². The summed E-state index contributed by atoms with van der Waals surface area (Å²) in [7, 11) is 0. The van der Waals surface area contributed by atoms with Crippen molar-refractivity contribution in [2.24, 2.45) is 11.8 Å². The van der Waals surface area contributed by atoms with Crippen LogP contribution in [0.5, 0.6) is 0 Å². The van der Waals surface area contributed by atoms with Crippen molar-refractivity contribution in [1.82, 2.24) is 10.2 Å². The third-order valence-electron chi connectivity index (χ3n) is 6.68. The van der Waals surface area contributed by atoms with Gasteiger partial charge in [-0.3, -0.25) is 4.90 Å². The van der Waals surface area contributed by atoms with Crippen LogP contribution < -0.4 is 5.32 Å². The lowest BCUT2D eigenvalue weighted by Crippen LogP contribution is -2.51. The highest BCUT2D eigenvalue weighted by Gasteiger charge is 2.38. The summed E-state index contributed by atoms with van der Waals surface area (Å²) in [6.07, 6.45) is 13.0. The van der Waals surface area contributed by atoms with E-state index >= 15 is 0 Å². The van der Waals surface area contributed by atoms with Crippen LogP contribution in [0.4, 0.5) is 0 Å². The summed E-state index contributed by atoms with van der Waals surface area (Å²) in [6, 6.07) is 3.41. The quantitative estimate of drug-likeness (QED) is 0.781. The minimum atomic E-state index is 0.831. The Hall–Kier alpha value is -0.0800. The van der Waals surface area contributed by atoms with Crippen molar-refractivity contribution in [2.45, 2.75) is 103 Å². The Morgan fingerprint density at radius 1 is 0.905 bits per heavy atom. The number of hydrogen-bond acceptors (Lipinski definition) is 2. The molecule has 21 heavy (non-hydrogen) atoms. The highest BCUT2D eigenvalue weighted by Crippen LogP contribution is 2.35. The average Bonchev–Trinajstić information content (AvgIpc) is 2.67. The zero-order valence-corrected chi connectivity index (χ0v) is 14.5. The molecule has 1 aliphatic carbocycles. The molecular weight excluding hydrogens is 256 g/mol. The molecule has 2 saturated heterocycles. The van der Waals surface area contributed by atoms with Crippen molar-refractivity contribution in [3.8, 4) is 0 Å². The molecule has 2 bridgehead atoms. The molecule has 2 heteroatoms. The van der Waals surface area contributed by atoms with Crippen LogP contribution in [0.3, 0.4) is 0 Å². The number of fused-ring (bicyclic) bond motifs is 2. The molecule has 2 aliphatic heterocycles. The zero-order chi connectivity index (χ0) is 14.8. The van der Waals surface area contributed by atoms with Gasteiger partial charge in [0.2, 0.25) is 0 Å². The predicted molar refractivity (Wildman–Crippen MR) is 90.5 cm³/mol. The Balaban J connectivity index is 1.60. The van der Waals surface area contributed by atoms with E-state index in [0.717, 1.165) is 36.0 Å². The number of piperidine rings is 1. The summed E-state index contributed by atoms with van der Waals surface area (Å²) in [6.45, 7) is 8.51. The maximum Gasteiger partial charge on any atom is 0.0128 e. The topological polar surface area (TPSA) is 15.3 Å². The summed E-state index contributed by atoms with van der Waals surface area (Å²) < 4.78 is 0. The molecule has 0 amide bonds. The largest absolute Gasteiger partial charge is 0.311 e. The molecule has 4 atom stereocenters. The van der Waals surface area contributed by atoms with Gasteiger partial charge in [0.1, 0.15) is 0 Å². The van der Waals surface area contributed by atoms with Gasteiger partial charge in [0, 0.05) is 24.2 Å².